The van der Waals surface area contributed by atoms with Crippen molar-refractivity contribution in [2.45, 2.75) is 13.0 Å². The van der Waals surface area contributed by atoms with Crippen molar-refractivity contribution in [3.8, 4) is 0 Å². The fourth-order valence-corrected chi connectivity index (χ4v) is 3.77. The highest BCUT2D eigenvalue weighted by Crippen LogP contribution is 2.34. The van der Waals surface area contributed by atoms with Crippen LogP contribution in [0, 0.1) is 0 Å². The Morgan fingerprint density at radius 1 is 1.00 bits per heavy atom. The van der Waals surface area contributed by atoms with Crippen molar-refractivity contribution in [1.82, 2.24) is 9.55 Å². The smallest absolute Gasteiger partial charge is 0.0946 e. The van der Waals surface area contributed by atoms with E-state index in [1.165, 1.54) is 25.7 Å². The van der Waals surface area contributed by atoms with E-state index in [0.29, 0.717) is 0 Å². The normalized spacial score (nSPS) is 11.4. The van der Waals surface area contributed by atoms with Crippen LogP contribution < -0.4 is 0 Å². The van der Waals surface area contributed by atoms with Gasteiger partial charge in [-0.15, -0.1) is 11.3 Å². The predicted molar refractivity (Wildman–Crippen MR) is 85.3 cm³/mol. The monoisotopic (exact) mass is 278 g/mol. The summed E-state index contributed by atoms with van der Waals surface area (Å²) in [6.45, 7) is 0.983. The summed E-state index contributed by atoms with van der Waals surface area (Å²) in [5.74, 6) is 0. The summed E-state index contributed by atoms with van der Waals surface area (Å²) < 4.78 is 4.87. The fraction of sp³-hybridized carbons (Fsp3) is 0.118. The minimum atomic E-state index is 0.983. The highest BCUT2D eigenvalue weighted by Gasteiger charge is 2.05. The van der Waals surface area contributed by atoms with E-state index in [1.54, 1.807) is 0 Å². The largest absolute Gasteiger partial charge is 0.337 e. The number of imidazole rings is 1. The third kappa shape index (κ3) is 2.00. The molecule has 0 saturated heterocycles. The molecule has 4 aromatic rings. The summed E-state index contributed by atoms with van der Waals surface area (Å²) in [5.41, 5.74) is 1.39. The molecule has 4 rings (SSSR count). The van der Waals surface area contributed by atoms with Gasteiger partial charge < -0.3 is 4.57 Å². The summed E-state index contributed by atoms with van der Waals surface area (Å²) in [4.78, 5) is 4.08. The second kappa shape index (κ2) is 4.76. The number of hydrogen-bond donors (Lipinski definition) is 0. The number of nitrogens with zero attached hydrogens (tertiary/aromatic N) is 2. The van der Waals surface area contributed by atoms with E-state index >= 15 is 0 Å². The van der Waals surface area contributed by atoms with Crippen LogP contribution in [0.3, 0.4) is 0 Å². The highest BCUT2D eigenvalue weighted by atomic mass is 32.1. The molecule has 0 saturated carbocycles. The van der Waals surface area contributed by atoms with Crippen LogP contribution in [0.4, 0.5) is 0 Å². The topological polar surface area (TPSA) is 17.8 Å². The maximum Gasteiger partial charge on any atom is 0.0946 e. The van der Waals surface area contributed by atoms with Crippen molar-refractivity contribution in [2.24, 2.45) is 0 Å². The van der Waals surface area contributed by atoms with E-state index in [-0.39, 0.29) is 0 Å². The molecule has 2 nitrogen and oxygen atoms in total. The quantitative estimate of drug-likeness (QED) is 0.540. The summed E-state index contributed by atoms with van der Waals surface area (Å²) in [6.07, 6.45) is 6.76. The maximum atomic E-state index is 4.08. The second-order valence-corrected chi connectivity index (χ2v) is 6.06. The van der Waals surface area contributed by atoms with E-state index in [0.717, 1.165) is 13.0 Å². The Morgan fingerprint density at radius 2 is 1.90 bits per heavy atom. The average molecular weight is 278 g/mol. The third-order valence-corrected chi connectivity index (χ3v) is 4.79. The number of fused-ring (bicyclic) bond motifs is 3. The van der Waals surface area contributed by atoms with Crippen molar-refractivity contribution < 1.29 is 0 Å². The van der Waals surface area contributed by atoms with Crippen molar-refractivity contribution in [2.75, 3.05) is 0 Å². The van der Waals surface area contributed by atoms with Gasteiger partial charge in [-0.05, 0) is 24.1 Å². The molecule has 0 unspecified atom stereocenters. The molecule has 0 radical (unpaired) electrons. The van der Waals surface area contributed by atoms with Crippen LogP contribution in [0.25, 0.3) is 20.2 Å². The Labute approximate surface area is 121 Å². The lowest BCUT2D eigenvalue weighted by Crippen LogP contribution is -1.97. The first-order chi connectivity index (χ1) is 9.90. The molecule has 20 heavy (non-hydrogen) atoms. The molecule has 0 fully saturated rings. The molecule has 0 spiro atoms. The first kappa shape index (κ1) is 11.7. The molecule has 0 bridgehead atoms. The molecular formula is C17H14N2S. The van der Waals surface area contributed by atoms with Gasteiger partial charge in [-0.3, -0.25) is 0 Å². The van der Waals surface area contributed by atoms with Gasteiger partial charge in [0.05, 0.1) is 6.33 Å². The fourth-order valence-electron chi connectivity index (χ4n) is 2.60. The number of benzene rings is 2. The van der Waals surface area contributed by atoms with Gasteiger partial charge in [-0.2, -0.15) is 0 Å². The standard InChI is InChI=1S/C17H14N2S/c1-2-4-16-14(3-1)15-6-5-13(11-17(15)20-16)7-9-19-10-8-18-12-19/h1-6,8,10-12H,7,9H2. The first-order valence-corrected chi connectivity index (χ1v) is 7.58. The van der Waals surface area contributed by atoms with Crippen LogP contribution in [0.15, 0.2) is 61.2 Å². The van der Waals surface area contributed by atoms with Gasteiger partial charge in [-0.25, -0.2) is 4.98 Å². The van der Waals surface area contributed by atoms with E-state index < -0.39 is 0 Å². The van der Waals surface area contributed by atoms with E-state index in [1.807, 2.05) is 30.1 Å². The zero-order chi connectivity index (χ0) is 13.4. The Bertz CT molecular complexity index is 859. The van der Waals surface area contributed by atoms with Crippen LogP contribution >= 0.6 is 11.3 Å². The van der Waals surface area contributed by atoms with E-state index in [4.69, 9.17) is 0 Å². The van der Waals surface area contributed by atoms with Gasteiger partial charge in [0, 0.05) is 39.1 Å². The molecule has 3 heteroatoms. The molecule has 98 valence electrons. The number of aryl methyl sites for hydroxylation is 2. The predicted octanol–water partition coefficient (Wildman–Crippen LogP) is 4.49. The van der Waals surface area contributed by atoms with Crippen LogP contribution in [0.5, 0.6) is 0 Å². The zero-order valence-electron chi connectivity index (χ0n) is 11.0. The summed E-state index contributed by atoms with van der Waals surface area (Å²) in [6, 6.07) is 15.5. The molecule has 0 aliphatic rings. The average Bonchev–Trinajstić information content (AvgIpc) is 3.12. The zero-order valence-corrected chi connectivity index (χ0v) is 11.8. The van der Waals surface area contributed by atoms with E-state index in [2.05, 4.69) is 52.0 Å². The number of hydrogen-bond acceptors (Lipinski definition) is 2. The third-order valence-electron chi connectivity index (χ3n) is 3.66. The molecule has 0 amide bonds. The van der Waals surface area contributed by atoms with Crippen LogP contribution in [-0.2, 0) is 13.0 Å². The molecule has 0 N–H and O–H groups in total. The molecule has 0 aliphatic carbocycles. The minimum absolute atomic E-state index is 0.983. The molecule has 2 aromatic heterocycles. The first-order valence-electron chi connectivity index (χ1n) is 6.76. The van der Waals surface area contributed by atoms with Crippen molar-refractivity contribution in [3.63, 3.8) is 0 Å². The molecular weight excluding hydrogens is 264 g/mol. The number of thiophene rings is 1. The van der Waals surface area contributed by atoms with Crippen LogP contribution in [0.2, 0.25) is 0 Å². The van der Waals surface area contributed by atoms with Crippen molar-refractivity contribution >= 4 is 31.5 Å². The van der Waals surface area contributed by atoms with Crippen LogP contribution in [0.1, 0.15) is 5.56 Å². The summed E-state index contributed by atoms with van der Waals surface area (Å²) in [7, 11) is 0. The molecule has 2 aromatic carbocycles. The van der Waals surface area contributed by atoms with Crippen LogP contribution in [-0.4, -0.2) is 9.55 Å². The molecule has 2 heterocycles. The van der Waals surface area contributed by atoms with Gasteiger partial charge >= 0.3 is 0 Å². The number of aromatic nitrogens is 2. The summed E-state index contributed by atoms with van der Waals surface area (Å²) in [5, 5.41) is 2.74. The van der Waals surface area contributed by atoms with Gasteiger partial charge in [0.25, 0.3) is 0 Å². The SMILES string of the molecule is c1ccc2c(c1)sc1cc(CCn3ccnc3)ccc12. The van der Waals surface area contributed by atoms with Crippen molar-refractivity contribution in [1.29, 1.82) is 0 Å². The lowest BCUT2D eigenvalue weighted by Gasteiger charge is -2.03. The Balaban J connectivity index is 1.69. The Morgan fingerprint density at radius 3 is 2.80 bits per heavy atom. The maximum absolute atomic E-state index is 4.08. The Hall–Kier alpha value is -2.13. The lowest BCUT2D eigenvalue weighted by atomic mass is 10.1. The minimum Gasteiger partial charge on any atom is -0.337 e. The summed E-state index contributed by atoms with van der Waals surface area (Å²) >= 11 is 1.88. The lowest BCUT2D eigenvalue weighted by molar-refractivity contribution is 0.696. The van der Waals surface area contributed by atoms with Crippen molar-refractivity contribution in [3.05, 3.63) is 66.7 Å². The van der Waals surface area contributed by atoms with E-state index in [9.17, 15) is 0 Å². The Kier molecular flexibility index (Phi) is 2.78. The van der Waals surface area contributed by atoms with Gasteiger partial charge in [0.2, 0.25) is 0 Å². The molecule has 0 aliphatic heterocycles. The molecule has 0 atom stereocenters. The van der Waals surface area contributed by atoms with Gasteiger partial charge in [0.15, 0.2) is 0 Å². The van der Waals surface area contributed by atoms with Gasteiger partial charge in [0.1, 0.15) is 0 Å². The van der Waals surface area contributed by atoms with Gasteiger partial charge in [-0.1, -0.05) is 30.3 Å². The second-order valence-electron chi connectivity index (χ2n) is 4.98. The number of rotatable bonds is 3. The highest BCUT2D eigenvalue weighted by molar-refractivity contribution is 7.25.